The molecule has 0 N–H and O–H groups in total. The Morgan fingerprint density at radius 2 is 1.29 bits per heavy atom. The average Bonchev–Trinajstić information content (AvgIpc) is 2.37. The molecule has 0 aliphatic heterocycles. The summed E-state index contributed by atoms with van der Waals surface area (Å²) in [7, 11) is 2.50. The van der Waals surface area contributed by atoms with Crippen LogP contribution in [0.3, 0.4) is 0 Å². The Labute approximate surface area is 112 Å². The Balaban J connectivity index is 5.04. The first kappa shape index (κ1) is 16.5. The van der Waals surface area contributed by atoms with E-state index < -0.39 is 17.4 Å². The Morgan fingerprint density at radius 1 is 0.941 bits per heavy atom. The second-order valence-electron chi connectivity index (χ2n) is 3.65. The highest BCUT2D eigenvalue weighted by molar-refractivity contribution is 6.18. The van der Waals surface area contributed by atoms with E-state index in [1.807, 2.05) is 0 Å². The van der Waals surface area contributed by atoms with Crippen molar-refractivity contribution < 1.29 is 19.1 Å². The number of alkyl halides is 2. The number of methoxy groups -OCH3 is 2. The molecule has 0 spiro atoms. The van der Waals surface area contributed by atoms with Gasteiger partial charge in [0, 0.05) is 11.8 Å². The van der Waals surface area contributed by atoms with Crippen LogP contribution in [-0.4, -0.2) is 37.9 Å². The van der Waals surface area contributed by atoms with Gasteiger partial charge in [0.15, 0.2) is 5.41 Å². The van der Waals surface area contributed by atoms with E-state index in [1.165, 1.54) is 14.2 Å². The largest absolute Gasteiger partial charge is 0.468 e. The molecule has 6 heteroatoms. The van der Waals surface area contributed by atoms with Crippen molar-refractivity contribution in [3.63, 3.8) is 0 Å². The van der Waals surface area contributed by atoms with Crippen LogP contribution >= 0.6 is 23.2 Å². The zero-order valence-electron chi connectivity index (χ0n) is 10.1. The minimum Gasteiger partial charge on any atom is -0.468 e. The van der Waals surface area contributed by atoms with Crippen molar-refractivity contribution >= 4 is 35.1 Å². The van der Waals surface area contributed by atoms with Crippen LogP contribution in [0.4, 0.5) is 0 Å². The molecule has 0 unspecified atom stereocenters. The highest BCUT2D eigenvalue weighted by Crippen LogP contribution is 2.33. The summed E-state index contributed by atoms with van der Waals surface area (Å²) in [5, 5.41) is 0. The van der Waals surface area contributed by atoms with E-state index in [2.05, 4.69) is 0 Å². The fourth-order valence-corrected chi connectivity index (χ4v) is 2.01. The van der Waals surface area contributed by atoms with Gasteiger partial charge in [-0.2, -0.15) is 0 Å². The second kappa shape index (κ2) is 8.59. The molecule has 0 heterocycles. The molecule has 0 bridgehead atoms. The van der Waals surface area contributed by atoms with E-state index >= 15 is 0 Å². The lowest BCUT2D eigenvalue weighted by atomic mass is 9.79. The maximum Gasteiger partial charge on any atom is 0.323 e. The lowest BCUT2D eigenvalue weighted by Gasteiger charge is -2.27. The fraction of sp³-hybridized carbons (Fsp3) is 0.818. The van der Waals surface area contributed by atoms with Gasteiger partial charge in [0.25, 0.3) is 0 Å². The number of hydrogen-bond acceptors (Lipinski definition) is 4. The monoisotopic (exact) mass is 284 g/mol. The summed E-state index contributed by atoms with van der Waals surface area (Å²) in [4.78, 5) is 23.7. The van der Waals surface area contributed by atoms with Gasteiger partial charge in [0.05, 0.1) is 14.2 Å². The number of rotatable bonds is 8. The molecule has 4 nitrogen and oxygen atoms in total. The first-order chi connectivity index (χ1) is 8.08. The molecule has 17 heavy (non-hydrogen) atoms. The van der Waals surface area contributed by atoms with Crippen LogP contribution in [0.1, 0.15) is 25.7 Å². The number of hydrogen-bond donors (Lipinski definition) is 0. The Hall–Kier alpha value is -0.480. The molecule has 0 aromatic carbocycles. The smallest absolute Gasteiger partial charge is 0.323 e. The number of carbonyl (C=O) groups is 2. The van der Waals surface area contributed by atoms with E-state index in [0.29, 0.717) is 37.4 Å². The molecule has 0 saturated heterocycles. The first-order valence-corrected chi connectivity index (χ1v) is 6.44. The zero-order chi connectivity index (χ0) is 13.3. The molecule has 0 aromatic rings. The first-order valence-electron chi connectivity index (χ1n) is 5.37. The second-order valence-corrected chi connectivity index (χ2v) is 4.41. The van der Waals surface area contributed by atoms with Gasteiger partial charge in [0.2, 0.25) is 0 Å². The molecule has 100 valence electrons. The fourth-order valence-electron chi connectivity index (χ4n) is 1.74. The van der Waals surface area contributed by atoms with E-state index in [1.54, 1.807) is 0 Å². The molecule has 0 rings (SSSR count). The quantitative estimate of drug-likeness (QED) is 0.390. The number of carbonyl (C=O) groups excluding carboxylic acids is 2. The number of halogens is 2. The minimum atomic E-state index is -1.27. The van der Waals surface area contributed by atoms with Crippen LogP contribution in [0, 0.1) is 5.41 Å². The van der Waals surface area contributed by atoms with Crippen molar-refractivity contribution in [3.8, 4) is 0 Å². The maximum absolute atomic E-state index is 11.8. The summed E-state index contributed by atoms with van der Waals surface area (Å²) in [6.07, 6.45) is 1.70. The van der Waals surface area contributed by atoms with Gasteiger partial charge < -0.3 is 9.47 Å². The van der Waals surface area contributed by atoms with Crippen LogP contribution in [0.5, 0.6) is 0 Å². The molecule has 0 aliphatic rings. The van der Waals surface area contributed by atoms with Crippen LogP contribution in [0.2, 0.25) is 0 Å². The molecular formula is C11H18Cl2O4. The summed E-state index contributed by atoms with van der Waals surface area (Å²) in [5.41, 5.74) is -1.27. The van der Waals surface area contributed by atoms with Crippen molar-refractivity contribution in [1.82, 2.24) is 0 Å². The van der Waals surface area contributed by atoms with Gasteiger partial charge in [-0.1, -0.05) is 0 Å². The maximum atomic E-state index is 11.8. The Kier molecular flexibility index (Phi) is 8.35. The topological polar surface area (TPSA) is 52.6 Å². The van der Waals surface area contributed by atoms with Gasteiger partial charge in [-0.3, -0.25) is 9.59 Å². The van der Waals surface area contributed by atoms with Crippen LogP contribution in [-0.2, 0) is 19.1 Å². The molecule has 0 fully saturated rings. The molecule has 0 atom stereocenters. The highest BCUT2D eigenvalue weighted by atomic mass is 35.5. The van der Waals surface area contributed by atoms with Gasteiger partial charge in [0.1, 0.15) is 0 Å². The third-order valence-corrected chi connectivity index (χ3v) is 3.16. The van der Waals surface area contributed by atoms with Gasteiger partial charge in [-0.05, 0) is 25.7 Å². The summed E-state index contributed by atoms with van der Waals surface area (Å²) in [5.74, 6) is -0.424. The molecular weight excluding hydrogens is 267 g/mol. The van der Waals surface area contributed by atoms with Crippen molar-refractivity contribution in [1.29, 1.82) is 0 Å². The van der Waals surface area contributed by atoms with Crippen LogP contribution in [0.25, 0.3) is 0 Å². The predicted molar refractivity (Wildman–Crippen MR) is 66.4 cm³/mol. The lowest BCUT2D eigenvalue weighted by molar-refractivity contribution is -0.170. The van der Waals surface area contributed by atoms with Gasteiger partial charge >= 0.3 is 11.9 Å². The standard InChI is InChI=1S/C11H18Cl2O4/c1-16-9(14)11(5-3-7-12,6-4-8-13)10(15)17-2/h3-8H2,1-2H3. The van der Waals surface area contributed by atoms with Crippen molar-refractivity contribution in [2.75, 3.05) is 26.0 Å². The molecule has 0 aromatic heterocycles. The predicted octanol–water partition coefficient (Wildman–Crippen LogP) is 2.36. The molecule has 0 aliphatic carbocycles. The Bertz CT molecular complexity index is 230. The van der Waals surface area contributed by atoms with Gasteiger partial charge in [-0.15, -0.1) is 23.2 Å². The number of ether oxygens (including phenoxy) is 2. The van der Waals surface area contributed by atoms with Crippen LogP contribution in [0.15, 0.2) is 0 Å². The highest BCUT2D eigenvalue weighted by Gasteiger charge is 2.47. The SMILES string of the molecule is COC(=O)C(CCCCl)(CCCCl)C(=O)OC. The van der Waals surface area contributed by atoms with E-state index in [0.717, 1.165) is 0 Å². The summed E-state index contributed by atoms with van der Waals surface area (Å²) >= 11 is 11.2. The minimum absolute atomic E-state index is 0.312. The summed E-state index contributed by atoms with van der Waals surface area (Å²) in [6.45, 7) is 0. The van der Waals surface area contributed by atoms with Gasteiger partial charge in [-0.25, -0.2) is 0 Å². The van der Waals surface area contributed by atoms with E-state index in [-0.39, 0.29) is 0 Å². The lowest BCUT2D eigenvalue weighted by Crippen LogP contribution is -2.41. The average molecular weight is 285 g/mol. The van der Waals surface area contributed by atoms with E-state index in [4.69, 9.17) is 32.7 Å². The van der Waals surface area contributed by atoms with E-state index in [9.17, 15) is 9.59 Å². The molecule has 0 saturated carbocycles. The van der Waals surface area contributed by atoms with Crippen molar-refractivity contribution in [2.24, 2.45) is 5.41 Å². The van der Waals surface area contributed by atoms with Crippen LogP contribution < -0.4 is 0 Å². The molecule has 0 amide bonds. The third-order valence-electron chi connectivity index (χ3n) is 2.63. The number of esters is 2. The third kappa shape index (κ3) is 4.36. The zero-order valence-corrected chi connectivity index (χ0v) is 11.6. The van der Waals surface area contributed by atoms with Crippen molar-refractivity contribution in [3.05, 3.63) is 0 Å². The normalized spacial score (nSPS) is 11.1. The summed E-state index contributed by atoms with van der Waals surface area (Å²) < 4.78 is 9.41. The summed E-state index contributed by atoms with van der Waals surface area (Å²) in [6, 6.07) is 0. The molecule has 0 radical (unpaired) electrons. The van der Waals surface area contributed by atoms with Crippen molar-refractivity contribution in [2.45, 2.75) is 25.7 Å². The Morgan fingerprint density at radius 3 is 1.53 bits per heavy atom.